The third kappa shape index (κ3) is 6.38. The number of esters is 1. The molecule has 0 aliphatic carbocycles. The van der Waals surface area contributed by atoms with Crippen LogP contribution in [-0.2, 0) is 14.3 Å². The first-order valence-corrected chi connectivity index (χ1v) is 4.42. The van der Waals surface area contributed by atoms with Crippen molar-refractivity contribution in [1.29, 1.82) is 0 Å². The first-order valence-electron chi connectivity index (χ1n) is 4.42. The Kier molecular flexibility index (Phi) is 6.69. The minimum absolute atomic E-state index is 0.468. The highest BCUT2D eigenvalue weighted by atomic mass is 16.5. The molecule has 0 aliphatic rings. The molecule has 0 spiro atoms. The van der Waals surface area contributed by atoms with Crippen molar-refractivity contribution in [2.45, 2.75) is 25.3 Å². The maximum absolute atomic E-state index is 11.0. The van der Waals surface area contributed by atoms with Gasteiger partial charge in [-0.1, -0.05) is 6.42 Å². The van der Waals surface area contributed by atoms with E-state index in [2.05, 4.69) is 4.74 Å². The number of unbranched alkanes of at least 4 members (excludes halogenated alkanes) is 1. The van der Waals surface area contributed by atoms with Crippen LogP contribution in [0.1, 0.15) is 19.3 Å². The van der Waals surface area contributed by atoms with Crippen LogP contribution in [0.15, 0.2) is 0 Å². The predicted molar refractivity (Wildman–Crippen MR) is 49.5 cm³/mol. The van der Waals surface area contributed by atoms with Gasteiger partial charge in [0.15, 0.2) is 6.61 Å². The Hall–Kier alpha value is -1.14. The van der Waals surface area contributed by atoms with Crippen LogP contribution < -0.4 is 11.5 Å². The summed E-state index contributed by atoms with van der Waals surface area (Å²) in [4.78, 5) is 21.1. The third-order valence-corrected chi connectivity index (χ3v) is 1.61. The van der Waals surface area contributed by atoms with Gasteiger partial charge in [-0.05, 0) is 19.4 Å². The number of aliphatic carboxylic acids is 1. The lowest BCUT2D eigenvalue weighted by Gasteiger charge is -2.09. The van der Waals surface area contributed by atoms with Gasteiger partial charge in [0.05, 0.1) is 0 Å². The SMILES string of the molecule is NCCCCC(N)C(=O)OCC(=O)O. The molecule has 0 radical (unpaired) electrons. The fraction of sp³-hybridized carbons (Fsp3) is 0.750. The minimum atomic E-state index is -1.19. The highest BCUT2D eigenvalue weighted by Gasteiger charge is 2.15. The highest BCUT2D eigenvalue weighted by molar-refractivity contribution is 5.78. The lowest BCUT2D eigenvalue weighted by molar-refractivity contribution is -0.156. The standard InChI is InChI=1S/C8H16N2O4/c9-4-2-1-3-6(10)8(13)14-5-7(11)12/h6H,1-5,9-10H2,(H,11,12). The topological polar surface area (TPSA) is 116 Å². The van der Waals surface area contributed by atoms with Crippen molar-refractivity contribution < 1.29 is 19.4 Å². The van der Waals surface area contributed by atoms with E-state index >= 15 is 0 Å². The van der Waals surface area contributed by atoms with E-state index in [9.17, 15) is 9.59 Å². The largest absolute Gasteiger partial charge is 0.479 e. The van der Waals surface area contributed by atoms with E-state index in [1.165, 1.54) is 0 Å². The van der Waals surface area contributed by atoms with Gasteiger partial charge in [-0.15, -0.1) is 0 Å². The van der Waals surface area contributed by atoms with Crippen LogP contribution >= 0.6 is 0 Å². The van der Waals surface area contributed by atoms with E-state index < -0.39 is 24.6 Å². The van der Waals surface area contributed by atoms with Crippen molar-refractivity contribution in [2.24, 2.45) is 11.5 Å². The van der Waals surface area contributed by atoms with E-state index in [0.29, 0.717) is 13.0 Å². The quantitative estimate of drug-likeness (QED) is 0.364. The zero-order valence-electron chi connectivity index (χ0n) is 7.94. The van der Waals surface area contributed by atoms with E-state index in [0.717, 1.165) is 12.8 Å². The van der Waals surface area contributed by atoms with Gasteiger partial charge in [0.1, 0.15) is 6.04 Å². The van der Waals surface area contributed by atoms with Gasteiger partial charge in [0.2, 0.25) is 0 Å². The summed E-state index contributed by atoms with van der Waals surface area (Å²) in [6.07, 6.45) is 2.00. The molecule has 0 heterocycles. The molecule has 0 aromatic heterocycles. The van der Waals surface area contributed by atoms with Gasteiger partial charge in [0.25, 0.3) is 0 Å². The molecular formula is C8H16N2O4. The fourth-order valence-electron chi connectivity index (χ4n) is 0.866. The number of carbonyl (C=O) groups excluding carboxylic acids is 1. The molecule has 14 heavy (non-hydrogen) atoms. The van der Waals surface area contributed by atoms with Crippen molar-refractivity contribution >= 4 is 11.9 Å². The van der Waals surface area contributed by atoms with Crippen molar-refractivity contribution in [3.05, 3.63) is 0 Å². The molecule has 6 nitrogen and oxygen atoms in total. The summed E-state index contributed by atoms with van der Waals surface area (Å²) in [6, 6.07) is -0.749. The summed E-state index contributed by atoms with van der Waals surface area (Å²) in [5.41, 5.74) is 10.7. The van der Waals surface area contributed by atoms with Crippen molar-refractivity contribution in [2.75, 3.05) is 13.2 Å². The molecular weight excluding hydrogens is 188 g/mol. The molecule has 0 bridgehead atoms. The van der Waals surface area contributed by atoms with Crippen molar-refractivity contribution in [1.82, 2.24) is 0 Å². The minimum Gasteiger partial charge on any atom is -0.479 e. The number of ether oxygens (including phenoxy) is 1. The fourth-order valence-corrected chi connectivity index (χ4v) is 0.866. The molecule has 0 saturated heterocycles. The summed E-state index contributed by atoms with van der Waals surface area (Å²) in [6.45, 7) is -0.0830. The maximum atomic E-state index is 11.0. The highest BCUT2D eigenvalue weighted by Crippen LogP contribution is 1.99. The van der Waals surface area contributed by atoms with Crippen molar-refractivity contribution in [3.63, 3.8) is 0 Å². The van der Waals surface area contributed by atoms with Gasteiger partial charge in [-0.2, -0.15) is 0 Å². The second-order valence-corrected chi connectivity index (χ2v) is 2.89. The second kappa shape index (κ2) is 7.28. The van der Waals surface area contributed by atoms with E-state index in [4.69, 9.17) is 16.6 Å². The Morgan fingerprint density at radius 1 is 1.36 bits per heavy atom. The smallest absolute Gasteiger partial charge is 0.341 e. The number of hydrogen-bond acceptors (Lipinski definition) is 5. The van der Waals surface area contributed by atoms with Gasteiger partial charge >= 0.3 is 11.9 Å². The lowest BCUT2D eigenvalue weighted by atomic mass is 10.1. The van der Waals surface area contributed by atoms with Crippen LogP contribution in [-0.4, -0.2) is 36.2 Å². The van der Waals surface area contributed by atoms with E-state index in [-0.39, 0.29) is 0 Å². The summed E-state index contributed by atoms with van der Waals surface area (Å²) in [7, 11) is 0. The summed E-state index contributed by atoms with van der Waals surface area (Å²) in [5, 5.41) is 8.22. The molecule has 6 heteroatoms. The molecule has 0 aromatic carbocycles. The number of carboxylic acid groups (broad SMARTS) is 1. The van der Waals surface area contributed by atoms with Crippen LogP contribution in [0.2, 0.25) is 0 Å². The summed E-state index contributed by atoms with van der Waals surface area (Å²) in [5.74, 6) is -1.86. The first-order chi connectivity index (χ1) is 6.57. The monoisotopic (exact) mass is 204 g/mol. The van der Waals surface area contributed by atoms with Crippen LogP contribution in [0.4, 0.5) is 0 Å². The summed E-state index contributed by atoms with van der Waals surface area (Å²) < 4.78 is 4.40. The molecule has 82 valence electrons. The zero-order chi connectivity index (χ0) is 11.0. The average Bonchev–Trinajstić information content (AvgIpc) is 2.14. The molecule has 0 aliphatic heterocycles. The first kappa shape index (κ1) is 12.9. The number of carboxylic acids is 1. The van der Waals surface area contributed by atoms with Crippen LogP contribution in [0.25, 0.3) is 0 Å². The van der Waals surface area contributed by atoms with E-state index in [1.54, 1.807) is 0 Å². The Labute approximate surface area is 82.2 Å². The maximum Gasteiger partial charge on any atom is 0.341 e. The van der Waals surface area contributed by atoms with Crippen LogP contribution in [0.5, 0.6) is 0 Å². The molecule has 0 fully saturated rings. The number of nitrogens with two attached hydrogens (primary N) is 2. The summed E-state index contributed by atoms with van der Waals surface area (Å²) >= 11 is 0. The number of carbonyl (C=O) groups is 2. The van der Waals surface area contributed by atoms with Gasteiger partial charge in [0, 0.05) is 0 Å². The number of hydrogen-bond donors (Lipinski definition) is 3. The van der Waals surface area contributed by atoms with Crippen molar-refractivity contribution in [3.8, 4) is 0 Å². The van der Waals surface area contributed by atoms with Crippen LogP contribution in [0.3, 0.4) is 0 Å². The Bertz CT molecular complexity index is 196. The molecule has 1 unspecified atom stereocenters. The normalized spacial score (nSPS) is 12.1. The Morgan fingerprint density at radius 2 is 2.00 bits per heavy atom. The third-order valence-electron chi connectivity index (χ3n) is 1.61. The molecule has 5 N–H and O–H groups in total. The molecule has 0 saturated carbocycles. The Balaban J connectivity index is 3.59. The van der Waals surface area contributed by atoms with Gasteiger partial charge in [-0.3, -0.25) is 4.79 Å². The van der Waals surface area contributed by atoms with E-state index in [1.807, 2.05) is 0 Å². The Morgan fingerprint density at radius 3 is 2.50 bits per heavy atom. The lowest BCUT2D eigenvalue weighted by Crippen LogP contribution is -2.33. The molecule has 1 atom stereocenters. The van der Waals surface area contributed by atoms with Crippen LogP contribution in [0, 0.1) is 0 Å². The molecule has 0 rings (SSSR count). The molecule has 0 aromatic rings. The number of rotatable bonds is 7. The van der Waals surface area contributed by atoms with Gasteiger partial charge in [-0.25, -0.2) is 4.79 Å². The molecule has 0 amide bonds. The second-order valence-electron chi connectivity index (χ2n) is 2.89. The van der Waals surface area contributed by atoms with Gasteiger partial charge < -0.3 is 21.3 Å². The predicted octanol–water partition coefficient (Wildman–Crippen LogP) is -0.929. The zero-order valence-corrected chi connectivity index (χ0v) is 7.94. The average molecular weight is 204 g/mol.